The van der Waals surface area contributed by atoms with E-state index in [0.717, 1.165) is 145 Å². The van der Waals surface area contributed by atoms with E-state index in [1.807, 2.05) is 132 Å². The second kappa shape index (κ2) is 33.0. The van der Waals surface area contributed by atoms with Crippen LogP contribution in [0.2, 0.25) is 0 Å². The van der Waals surface area contributed by atoms with Crippen LogP contribution in [0.25, 0.3) is 99.5 Å². The summed E-state index contributed by atoms with van der Waals surface area (Å²) in [6.07, 6.45) is -5.79. The van der Waals surface area contributed by atoms with Gasteiger partial charge in [-0.25, -0.2) is 0 Å². The van der Waals surface area contributed by atoms with E-state index < -0.39 is 59.3 Å². The van der Waals surface area contributed by atoms with Crippen molar-refractivity contribution in [3.05, 3.63) is 304 Å². The average molecular weight is 1760 g/mol. The van der Waals surface area contributed by atoms with Gasteiger partial charge in [-0.2, -0.15) is 0 Å². The van der Waals surface area contributed by atoms with Gasteiger partial charge in [0.15, 0.2) is 0 Å². The van der Waals surface area contributed by atoms with Gasteiger partial charge < -0.3 is 18.9 Å². The van der Waals surface area contributed by atoms with E-state index in [0.29, 0.717) is 35.1 Å². The lowest BCUT2D eigenvalue weighted by Crippen LogP contribution is -2.61. The maximum absolute atomic E-state index is 10.2. The van der Waals surface area contributed by atoms with Gasteiger partial charge in [0.1, 0.15) is 0 Å². The molecule has 0 saturated heterocycles. The molecule has 0 amide bonds. The fraction of sp³-hybridized carbons (Fsp3) is 0.391. The van der Waals surface area contributed by atoms with Crippen LogP contribution < -0.4 is 26.2 Å². The van der Waals surface area contributed by atoms with E-state index >= 15 is 0 Å². The molecule has 4 heterocycles. The highest BCUT2D eigenvalue weighted by Gasteiger charge is 2.47. The van der Waals surface area contributed by atoms with Crippen molar-refractivity contribution in [1.29, 1.82) is 0 Å². The molecule has 686 valence electrons. The Morgan fingerprint density at radius 2 is 0.504 bits per heavy atom. The van der Waals surface area contributed by atoms with Gasteiger partial charge in [-0.15, -0.1) is 0 Å². The molecule has 0 fully saturated rings. The largest absolute Gasteiger partial charge is 0.311 e. The van der Waals surface area contributed by atoms with Crippen LogP contribution in [0.5, 0.6) is 0 Å². The molecule has 133 heavy (non-hydrogen) atoms. The molecule has 4 nitrogen and oxygen atoms in total. The Morgan fingerprint density at radius 1 is 0.233 bits per heavy atom. The second-order valence-corrected chi connectivity index (χ2v) is 50.7. The van der Waals surface area contributed by atoms with Crippen LogP contribution in [-0.2, 0) is 65.4 Å². The summed E-state index contributed by atoms with van der Waals surface area (Å²) in [5, 5.41) is 4.70. The van der Waals surface area contributed by atoms with Crippen molar-refractivity contribution in [3.8, 4) is 55.9 Å². The highest BCUT2D eigenvalue weighted by molar-refractivity contribution is 7.00. The summed E-state index contributed by atoms with van der Waals surface area (Å²) in [5.41, 5.74) is 27.8. The Bertz CT molecular complexity index is 6940. The van der Waals surface area contributed by atoms with Crippen LogP contribution in [0.1, 0.15) is 301 Å². The van der Waals surface area contributed by atoms with Crippen molar-refractivity contribution < 1.29 is 11.0 Å². The predicted molar refractivity (Wildman–Crippen MR) is 583 cm³/mol. The van der Waals surface area contributed by atoms with Crippen molar-refractivity contribution in [1.82, 2.24) is 9.13 Å². The van der Waals surface area contributed by atoms with E-state index in [-0.39, 0.29) is 32.5 Å². The lowest BCUT2D eigenvalue weighted by Gasteiger charge is -2.46. The Balaban J connectivity index is 1.11. The molecular formula is C128H151BN4. The molecule has 0 bridgehead atoms. The van der Waals surface area contributed by atoms with Crippen LogP contribution in [0.4, 0.5) is 34.1 Å². The molecule has 2 aliphatic rings. The van der Waals surface area contributed by atoms with Crippen molar-refractivity contribution in [3.63, 3.8) is 0 Å². The molecule has 13 aromatic carbocycles. The summed E-state index contributed by atoms with van der Waals surface area (Å²) in [7, 11) is 0. The maximum Gasteiger partial charge on any atom is 0.252 e. The van der Waals surface area contributed by atoms with Gasteiger partial charge >= 0.3 is 0 Å². The molecule has 15 aromatic rings. The van der Waals surface area contributed by atoms with Crippen LogP contribution >= 0.6 is 0 Å². The third kappa shape index (κ3) is 19.2. The first kappa shape index (κ1) is 83.9. The van der Waals surface area contributed by atoms with Gasteiger partial charge in [0.2, 0.25) is 0 Å². The van der Waals surface area contributed by atoms with E-state index in [1.54, 1.807) is 0 Å². The number of rotatable bonds is 14. The van der Waals surface area contributed by atoms with Gasteiger partial charge in [-0.3, -0.25) is 0 Å². The van der Waals surface area contributed by atoms with Crippen LogP contribution in [-0.4, -0.2) is 15.8 Å². The smallest absolute Gasteiger partial charge is 0.252 e. The van der Waals surface area contributed by atoms with E-state index in [9.17, 15) is 11.0 Å². The molecule has 0 radical (unpaired) electrons. The summed E-state index contributed by atoms with van der Waals surface area (Å²) in [6.45, 7) is 71.8. The average Bonchev–Trinajstić information content (AvgIpc) is 1.13. The van der Waals surface area contributed by atoms with Crippen molar-refractivity contribution in [2.45, 2.75) is 294 Å². The summed E-state index contributed by atoms with van der Waals surface area (Å²) in [4.78, 5) is 5.18. The number of anilines is 6. The third-order valence-corrected chi connectivity index (χ3v) is 26.6. The molecule has 0 atom stereocenters. The van der Waals surface area contributed by atoms with Gasteiger partial charge in [0.25, 0.3) is 6.71 Å². The van der Waals surface area contributed by atoms with Crippen LogP contribution in [0.15, 0.2) is 243 Å². The number of fused-ring (bicyclic) bond motifs is 10. The number of hydrogen-bond acceptors (Lipinski definition) is 2. The lowest BCUT2D eigenvalue weighted by molar-refractivity contribution is 0.410. The van der Waals surface area contributed by atoms with Crippen LogP contribution in [0.3, 0.4) is 0 Å². The van der Waals surface area contributed by atoms with Crippen molar-refractivity contribution in [2.75, 3.05) is 9.80 Å². The molecule has 5 heteroatoms. The molecule has 17 rings (SSSR count). The normalized spacial score (nSPS) is 15.2. The van der Waals surface area contributed by atoms with Gasteiger partial charge in [-0.1, -0.05) is 362 Å². The Hall–Kier alpha value is -10.9. The SMILES string of the molecule is [2H]C([2H])(c1cccc(-c2cc(N3c4cc(-n5c6ccc(C(C)(C)C)cc6c6cc(C(C)(C)C)ccc65)ccc4B4c5ccc(-n6c7ccc(C(C)(C)C)cc7c7cc(C(C)(C)C)ccc76)cc5N(c5cc(-c6cccc(C([2H])([2H])C(C)(C)C)c6)c(CC(C)(C)C)cc5-c5cccc(C([2H])([2H])C(C)(C)C)c5)c5cc(C(C)(C)C)cc3c54)c(-c3cccc(C([2H])([2H])C(C)(C)C)c3)cc2CC(C)(C)C)c1)C(C)(C)C. The number of nitrogens with zero attached hydrogens (tertiary/aromatic N) is 4. The minimum atomic E-state index is -1.79. The molecular weight excluding hydrogens is 1600 g/mol. The monoisotopic (exact) mass is 1760 g/mol. The first-order chi connectivity index (χ1) is 64.9. The summed E-state index contributed by atoms with van der Waals surface area (Å²) < 4.78 is 86.0. The Labute approximate surface area is 811 Å². The molecule has 0 unspecified atom stereocenters. The zero-order valence-corrected chi connectivity index (χ0v) is 86.4. The van der Waals surface area contributed by atoms with Gasteiger partial charge in [-0.05, 0) is 318 Å². The highest BCUT2D eigenvalue weighted by Crippen LogP contribution is 2.55. The molecule has 0 N–H and O–H groups in total. The fourth-order valence-electron chi connectivity index (χ4n) is 20.5. The highest BCUT2D eigenvalue weighted by atomic mass is 15.2. The fourth-order valence-corrected chi connectivity index (χ4v) is 20.5. The van der Waals surface area contributed by atoms with E-state index in [2.05, 4.69) is 358 Å². The third-order valence-electron chi connectivity index (χ3n) is 26.6. The number of hydrogen-bond donors (Lipinski definition) is 0. The summed E-state index contributed by atoms with van der Waals surface area (Å²) >= 11 is 0. The van der Waals surface area contributed by atoms with Crippen LogP contribution in [0, 0.1) is 32.5 Å². The zero-order chi connectivity index (χ0) is 103. The van der Waals surface area contributed by atoms with E-state index in [4.69, 9.17) is 0 Å². The predicted octanol–water partition coefficient (Wildman–Crippen LogP) is 34.7. The maximum atomic E-state index is 10.2. The summed E-state index contributed by atoms with van der Waals surface area (Å²) in [6, 6.07) is 90.7. The standard InChI is InChI=1S/C128H151BN4/c1-118(2,3)74-80-38-34-42-84(58-80)97-72-111(99(62-88(97)78-122(13,14)15)86-44-36-40-82(60-86)76-120(7,8)9)132-113-70-95(130-107-54-46-90(124(19,20)21)64-101(107)102-65-91(125(22,23)24)47-55-108(102)130)50-52-105(113)129-106-53-51-96(131-109-56-48-92(126(25,26)27)66-103(109)104-67-93(127(28,29)30)49-57-110(104)131)71-114(106)133(116-69-94(128(31,32)33)68-115(132)117(116)129)112-73-98(85-43-35-39-81(59-85)75-119(4,5)6)89(79-123(16,17)18)63-100(112)87-45-37-41-83(61-87)77-121(10,11)12/h34-73H,74-79H2,1-33H3/i74D2,75D2,76D2,77D2. The van der Waals surface area contributed by atoms with Gasteiger partial charge in [0, 0.05) is 77.8 Å². The van der Waals surface area contributed by atoms with Crippen molar-refractivity contribution >= 4 is 101 Å². The summed E-state index contributed by atoms with van der Waals surface area (Å²) in [5.74, 6) is 0. The topological polar surface area (TPSA) is 16.3 Å². The molecule has 2 aromatic heterocycles. The first-order valence-electron chi connectivity index (χ1n) is 52.9. The minimum absolute atomic E-state index is 0.157. The second-order valence-electron chi connectivity index (χ2n) is 50.7. The minimum Gasteiger partial charge on any atom is -0.311 e. The zero-order valence-electron chi connectivity index (χ0n) is 94.4. The van der Waals surface area contributed by atoms with E-state index in [1.165, 1.54) is 43.8 Å². The molecule has 2 aliphatic heterocycles. The lowest BCUT2D eigenvalue weighted by atomic mass is 9.33. The molecule has 0 spiro atoms. The quantitative estimate of drug-likeness (QED) is 0.101. The number of aromatic nitrogens is 2. The van der Waals surface area contributed by atoms with Gasteiger partial charge in [0.05, 0.1) is 33.4 Å². The Kier molecular flexibility index (Phi) is 20.8. The molecule has 0 saturated carbocycles. The molecule has 0 aliphatic carbocycles. The number of benzene rings is 13. The first-order valence-corrected chi connectivity index (χ1v) is 48.9. The van der Waals surface area contributed by atoms with Crippen molar-refractivity contribution in [2.24, 2.45) is 32.5 Å². The Morgan fingerprint density at radius 3 is 0.759 bits per heavy atom.